The van der Waals surface area contributed by atoms with Gasteiger partial charge >= 0.3 is 5.69 Å². The Morgan fingerprint density at radius 3 is 2.61 bits per heavy atom. The van der Waals surface area contributed by atoms with Gasteiger partial charge in [0.25, 0.3) is 0 Å². The van der Waals surface area contributed by atoms with Crippen molar-refractivity contribution in [1.29, 1.82) is 5.41 Å². The number of nitrogens with one attached hydrogen (secondary N) is 3. The maximum atomic E-state index is 12.8. The van der Waals surface area contributed by atoms with E-state index < -0.39 is 5.69 Å². The minimum absolute atomic E-state index is 0.132. The average molecular weight is 484 g/mol. The molecular formula is C22H19Cl2N7O2. The molecule has 33 heavy (non-hydrogen) atoms. The molecule has 3 heterocycles. The first kappa shape index (κ1) is 21.4. The summed E-state index contributed by atoms with van der Waals surface area (Å²) in [6.07, 6.45) is 1.19. The number of aromatic nitrogens is 4. The summed E-state index contributed by atoms with van der Waals surface area (Å²) in [4.78, 5) is 26.3. The van der Waals surface area contributed by atoms with Gasteiger partial charge in [-0.25, -0.2) is 14.3 Å². The van der Waals surface area contributed by atoms with E-state index in [9.17, 15) is 9.90 Å². The van der Waals surface area contributed by atoms with Gasteiger partial charge in [0.1, 0.15) is 5.49 Å². The predicted octanol–water partition coefficient (Wildman–Crippen LogP) is 3.13. The number of rotatable bonds is 4. The maximum Gasteiger partial charge on any atom is 0.333 e. The van der Waals surface area contributed by atoms with Crippen LogP contribution in [0.3, 0.4) is 0 Å². The van der Waals surface area contributed by atoms with Gasteiger partial charge in [0.2, 0.25) is 5.95 Å². The third-order valence-electron chi connectivity index (χ3n) is 5.51. The lowest BCUT2D eigenvalue weighted by Crippen LogP contribution is -2.51. The fraction of sp³-hybridized carbons (Fsp3) is 0.182. The van der Waals surface area contributed by atoms with Crippen LogP contribution in [0.2, 0.25) is 10.0 Å². The minimum Gasteiger partial charge on any atom is -0.389 e. The number of H-pyrrole nitrogens is 1. The van der Waals surface area contributed by atoms with E-state index in [0.29, 0.717) is 18.5 Å². The molecule has 0 spiro atoms. The molecule has 5 rings (SSSR count). The van der Waals surface area contributed by atoms with E-state index in [1.54, 1.807) is 18.2 Å². The molecule has 0 radical (unpaired) electrons. The Morgan fingerprint density at radius 2 is 1.94 bits per heavy atom. The second-order valence-corrected chi connectivity index (χ2v) is 8.64. The molecule has 9 nitrogen and oxygen atoms in total. The molecule has 2 aromatic carbocycles. The van der Waals surface area contributed by atoms with E-state index in [1.165, 1.54) is 6.20 Å². The van der Waals surface area contributed by atoms with Crippen molar-refractivity contribution in [3.8, 4) is 5.69 Å². The number of halogens is 2. The molecule has 0 atom stereocenters. The van der Waals surface area contributed by atoms with Gasteiger partial charge in [-0.2, -0.15) is 4.98 Å². The van der Waals surface area contributed by atoms with Gasteiger partial charge in [-0.15, -0.1) is 0 Å². The van der Waals surface area contributed by atoms with Crippen molar-refractivity contribution in [3.63, 3.8) is 0 Å². The van der Waals surface area contributed by atoms with E-state index >= 15 is 0 Å². The lowest BCUT2D eigenvalue weighted by atomic mass is 10.1. The van der Waals surface area contributed by atoms with E-state index in [1.807, 2.05) is 25.1 Å². The van der Waals surface area contributed by atoms with Gasteiger partial charge in [0.15, 0.2) is 5.65 Å². The van der Waals surface area contributed by atoms with Crippen molar-refractivity contribution in [1.82, 2.24) is 19.5 Å². The molecule has 1 aliphatic heterocycles. The summed E-state index contributed by atoms with van der Waals surface area (Å²) in [7, 11) is 0. The number of aliphatic hydroxyl groups is 1. The van der Waals surface area contributed by atoms with Crippen LogP contribution in [0.15, 0.2) is 47.4 Å². The second kappa shape index (κ2) is 8.18. The third-order valence-corrected chi connectivity index (χ3v) is 6.12. The van der Waals surface area contributed by atoms with Crippen molar-refractivity contribution in [2.45, 2.75) is 13.0 Å². The van der Waals surface area contributed by atoms with Gasteiger partial charge in [0, 0.05) is 30.7 Å². The van der Waals surface area contributed by atoms with Crippen LogP contribution in [-0.4, -0.2) is 43.8 Å². The Kier molecular flexibility index (Phi) is 5.32. The van der Waals surface area contributed by atoms with Crippen LogP contribution in [0.25, 0.3) is 16.7 Å². The number of benzene rings is 2. The quantitative estimate of drug-likeness (QED) is 0.353. The van der Waals surface area contributed by atoms with E-state index in [-0.39, 0.29) is 38.9 Å². The molecule has 0 saturated carbocycles. The summed E-state index contributed by atoms with van der Waals surface area (Å²) >= 11 is 12.5. The molecule has 4 N–H and O–H groups in total. The van der Waals surface area contributed by atoms with Crippen LogP contribution < -0.4 is 21.4 Å². The third kappa shape index (κ3) is 3.84. The topological polar surface area (TPSA) is 123 Å². The van der Waals surface area contributed by atoms with Gasteiger partial charge < -0.3 is 15.3 Å². The number of aromatic amines is 1. The molecule has 0 bridgehead atoms. The predicted molar refractivity (Wildman–Crippen MR) is 128 cm³/mol. The SMILES string of the molecule is Cc1cc(Nc2ncc3c(=N)n(-c4c(Cl)cccc4Cl)c(=O)[nH]c3n2)ccc1N1CC(O)C1. The normalized spacial score (nSPS) is 13.9. The number of fused-ring (bicyclic) bond motifs is 1. The minimum atomic E-state index is -0.593. The van der Waals surface area contributed by atoms with Crippen LogP contribution >= 0.6 is 23.2 Å². The lowest BCUT2D eigenvalue weighted by molar-refractivity contribution is 0.142. The zero-order valence-electron chi connectivity index (χ0n) is 17.4. The fourth-order valence-corrected chi connectivity index (χ4v) is 4.44. The Balaban J connectivity index is 1.49. The van der Waals surface area contributed by atoms with E-state index in [0.717, 1.165) is 21.5 Å². The van der Waals surface area contributed by atoms with Gasteiger partial charge in [-0.3, -0.25) is 10.4 Å². The molecule has 2 aromatic heterocycles. The summed E-state index contributed by atoms with van der Waals surface area (Å²) < 4.78 is 1.10. The van der Waals surface area contributed by atoms with Crippen LogP contribution in [0.5, 0.6) is 0 Å². The lowest BCUT2D eigenvalue weighted by Gasteiger charge is -2.38. The molecule has 168 valence electrons. The van der Waals surface area contributed by atoms with Gasteiger partial charge in [-0.05, 0) is 42.8 Å². The van der Waals surface area contributed by atoms with Crippen LogP contribution in [0.1, 0.15) is 5.56 Å². The molecule has 1 aliphatic rings. The highest BCUT2D eigenvalue weighted by atomic mass is 35.5. The smallest absolute Gasteiger partial charge is 0.333 e. The standard InChI is InChI=1S/C22H19Cl2N7O2/c1-11-7-12(5-6-17(11)30-9-13(32)10-30)27-21-26-8-14-19(25)31(22(33)29-20(14)28-21)18-15(23)3-2-4-16(18)24/h2-8,13,25,32H,9-10H2,1H3,(H2,26,27,28,29,33). The number of nitrogens with zero attached hydrogens (tertiary/aromatic N) is 4. The summed E-state index contributed by atoms with van der Waals surface area (Å²) in [6, 6.07) is 10.7. The summed E-state index contributed by atoms with van der Waals surface area (Å²) in [5.41, 5.74) is 2.60. The molecule has 0 amide bonds. The van der Waals surface area contributed by atoms with Crippen molar-refractivity contribution >= 4 is 51.6 Å². The molecular weight excluding hydrogens is 465 g/mol. The Bertz CT molecular complexity index is 1490. The van der Waals surface area contributed by atoms with Crippen molar-refractivity contribution in [2.75, 3.05) is 23.3 Å². The number of aryl methyl sites for hydroxylation is 1. The highest BCUT2D eigenvalue weighted by Crippen LogP contribution is 2.29. The number of aliphatic hydroxyl groups excluding tert-OH is 1. The largest absolute Gasteiger partial charge is 0.389 e. The van der Waals surface area contributed by atoms with Crippen LogP contribution in [0.4, 0.5) is 17.3 Å². The van der Waals surface area contributed by atoms with Crippen molar-refractivity contribution in [3.05, 3.63) is 74.2 Å². The first-order valence-electron chi connectivity index (χ1n) is 10.1. The van der Waals surface area contributed by atoms with Gasteiger partial charge in [0.05, 0.1) is 27.2 Å². The first-order valence-corrected chi connectivity index (χ1v) is 10.9. The highest BCUT2D eigenvalue weighted by Gasteiger charge is 2.25. The fourth-order valence-electron chi connectivity index (χ4n) is 3.87. The number of hydrogen-bond donors (Lipinski definition) is 4. The molecule has 4 aromatic rings. The van der Waals surface area contributed by atoms with Gasteiger partial charge in [-0.1, -0.05) is 29.3 Å². The molecule has 1 fully saturated rings. The second-order valence-electron chi connectivity index (χ2n) is 7.83. The summed E-state index contributed by atoms with van der Waals surface area (Å²) in [6.45, 7) is 3.25. The summed E-state index contributed by atoms with van der Waals surface area (Å²) in [5.74, 6) is 0.276. The molecule has 0 unspecified atom stereocenters. The highest BCUT2D eigenvalue weighted by molar-refractivity contribution is 6.37. The molecule has 1 saturated heterocycles. The van der Waals surface area contributed by atoms with Crippen molar-refractivity contribution in [2.24, 2.45) is 0 Å². The van der Waals surface area contributed by atoms with E-state index in [4.69, 9.17) is 28.6 Å². The number of β-amino-alcohol motifs (C(OH)–C–C–N with tert-alkyl or cyclic N) is 1. The first-order chi connectivity index (χ1) is 15.8. The number of para-hydroxylation sites is 1. The zero-order valence-corrected chi connectivity index (χ0v) is 18.9. The average Bonchev–Trinajstić information content (AvgIpc) is 2.74. The molecule has 11 heteroatoms. The number of hydrogen-bond acceptors (Lipinski definition) is 7. The zero-order chi connectivity index (χ0) is 23.3. The van der Waals surface area contributed by atoms with Crippen LogP contribution in [-0.2, 0) is 0 Å². The van der Waals surface area contributed by atoms with Crippen LogP contribution in [0, 0.1) is 12.3 Å². The summed E-state index contributed by atoms with van der Waals surface area (Å²) in [5, 5.41) is 22.0. The van der Waals surface area contributed by atoms with E-state index in [2.05, 4.69) is 25.2 Å². The Hall–Kier alpha value is -3.40. The monoisotopic (exact) mass is 483 g/mol. The maximum absolute atomic E-state index is 12.8. The van der Waals surface area contributed by atoms with Crippen molar-refractivity contribution < 1.29 is 5.11 Å². The Morgan fingerprint density at radius 1 is 1.21 bits per heavy atom. The molecule has 0 aliphatic carbocycles. The Labute approximate surface area is 197 Å². The number of anilines is 3.